The first kappa shape index (κ1) is 11.7. The summed E-state index contributed by atoms with van der Waals surface area (Å²) < 4.78 is 26.5. The minimum Gasteiger partial charge on any atom is -0.263 e. The zero-order valence-electron chi connectivity index (χ0n) is 10.3. The number of fused-ring (bicyclic) bond motifs is 1. The van der Waals surface area contributed by atoms with E-state index in [0.29, 0.717) is 16.3 Å². The van der Waals surface area contributed by atoms with Crippen molar-refractivity contribution < 1.29 is 8.42 Å². The number of nitrogens with zero attached hydrogens (tertiary/aromatic N) is 1. The van der Waals surface area contributed by atoms with Crippen LogP contribution in [0.3, 0.4) is 0 Å². The van der Waals surface area contributed by atoms with E-state index in [4.69, 9.17) is 0 Å². The second-order valence-electron chi connectivity index (χ2n) is 5.27. The molecule has 0 atom stereocenters. The summed E-state index contributed by atoms with van der Waals surface area (Å²) in [5.41, 5.74) is 0.584. The lowest BCUT2D eigenvalue weighted by Gasteiger charge is -2.18. The third-order valence-corrected chi connectivity index (χ3v) is 5.12. The highest BCUT2D eigenvalue weighted by Gasteiger charge is 2.34. The Labute approximate surface area is 107 Å². The molecule has 0 amide bonds. The molecule has 1 aromatic rings. The summed E-state index contributed by atoms with van der Waals surface area (Å²) in [5, 5.41) is 0. The summed E-state index contributed by atoms with van der Waals surface area (Å²) in [4.78, 5) is 5.01. The van der Waals surface area contributed by atoms with E-state index in [-0.39, 0.29) is 5.54 Å². The summed E-state index contributed by atoms with van der Waals surface area (Å²) in [6.45, 7) is 2.10. The molecule has 3 rings (SSSR count). The quantitative estimate of drug-likeness (QED) is 0.844. The van der Waals surface area contributed by atoms with Crippen molar-refractivity contribution in [2.75, 3.05) is 0 Å². The van der Waals surface area contributed by atoms with Gasteiger partial charge in [-0.25, -0.2) is 8.42 Å². The highest BCUT2D eigenvalue weighted by molar-refractivity contribution is 7.90. The summed E-state index contributed by atoms with van der Waals surface area (Å²) in [6.07, 6.45) is 4.39. The SMILES string of the molecule is CC1(N=C2NS(=O)(=O)c3ccccc32)CCCC1. The lowest BCUT2D eigenvalue weighted by molar-refractivity contribution is 0.490. The van der Waals surface area contributed by atoms with Gasteiger partial charge in [0, 0.05) is 5.56 Å². The fourth-order valence-electron chi connectivity index (χ4n) is 2.74. The molecule has 0 radical (unpaired) electrons. The molecular weight excluding hydrogens is 248 g/mol. The Bertz CT molecular complexity index is 614. The van der Waals surface area contributed by atoms with Gasteiger partial charge in [-0.1, -0.05) is 25.0 Å². The van der Waals surface area contributed by atoms with Crippen molar-refractivity contribution >= 4 is 15.9 Å². The highest BCUT2D eigenvalue weighted by Crippen LogP contribution is 2.34. The fraction of sp³-hybridized carbons (Fsp3) is 0.462. The molecule has 1 aliphatic heterocycles. The number of benzene rings is 1. The van der Waals surface area contributed by atoms with Gasteiger partial charge in [-0.05, 0) is 31.9 Å². The Morgan fingerprint density at radius 3 is 2.61 bits per heavy atom. The Morgan fingerprint density at radius 1 is 1.22 bits per heavy atom. The van der Waals surface area contributed by atoms with Crippen molar-refractivity contribution in [3.05, 3.63) is 29.8 Å². The van der Waals surface area contributed by atoms with Crippen molar-refractivity contribution in [2.24, 2.45) is 4.99 Å². The number of nitrogens with one attached hydrogen (secondary N) is 1. The topological polar surface area (TPSA) is 58.5 Å². The van der Waals surface area contributed by atoms with E-state index in [1.807, 2.05) is 12.1 Å². The van der Waals surface area contributed by atoms with Crippen molar-refractivity contribution in [2.45, 2.75) is 43.0 Å². The highest BCUT2D eigenvalue weighted by atomic mass is 32.2. The molecule has 5 heteroatoms. The molecule has 1 aliphatic carbocycles. The summed E-state index contributed by atoms with van der Waals surface area (Å²) in [7, 11) is -3.40. The lowest BCUT2D eigenvalue weighted by atomic mass is 10.0. The van der Waals surface area contributed by atoms with Crippen LogP contribution in [0.1, 0.15) is 38.2 Å². The van der Waals surface area contributed by atoms with E-state index >= 15 is 0 Å². The summed E-state index contributed by atoms with van der Waals surface area (Å²) >= 11 is 0. The second-order valence-corrected chi connectivity index (χ2v) is 6.92. The van der Waals surface area contributed by atoms with E-state index in [2.05, 4.69) is 16.6 Å². The Morgan fingerprint density at radius 2 is 1.89 bits per heavy atom. The van der Waals surface area contributed by atoms with E-state index in [9.17, 15) is 8.42 Å². The van der Waals surface area contributed by atoms with Crippen LogP contribution in [0.15, 0.2) is 34.2 Å². The van der Waals surface area contributed by atoms with Crippen molar-refractivity contribution in [3.63, 3.8) is 0 Å². The molecule has 0 spiro atoms. The first-order valence-electron chi connectivity index (χ1n) is 6.22. The van der Waals surface area contributed by atoms with E-state index < -0.39 is 10.0 Å². The Balaban J connectivity index is 2.09. The van der Waals surface area contributed by atoms with Gasteiger partial charge in [0.05, 0.1) is 10.4 Å². The smallest absolute Gasteiger partial charge is 0.263 e. The van der Waals surface area contributed by atoms with Crippen molar-refractivity contribution in [1.82, 2.24) is 4.72 Å². The molecule has 0 aromatic heterocycles. The van der Waals surface area contributed by atoms with Crippen LogP contribution in [0.5, 0.6) is 0 Å². The molecule has 1 heterocycles. The van der Waals surface area contributed by atoms with Crippen molar-refractivity contribution in [1.29, 1.82) is 0 Å². The molecule has 0 unspecified atom stereocenters. The molecule has 2 aliphatic rings. The van der Waals surface area contributed by atoms with Gasteiger partial charge in [-0.3, -0.25) is 9.71 Å². The second kappa shape index (κ2) is 3.82. The Kier molecular flexibility index (Phi) is 2.48. The standard InChI is InChI=1S/C13H16N2O2S/c1-13(8-4-5-9-13)14-12-10-6-2-3-7-11(10)18(16,17)15-12/h2-3,6-7H,4-5,8-9H2,1H3,(H,14,15). The number of hydrogen-bond acceptors (Lipinski definition) is 3. The van der Waals surface area contributed by atoms with Crippen LogP contribution in [0.2, 0.25) is 0 Å². The molecule has 0 bridgehead atoms. The minimum absolute atomic E-state index is 0.116. The van der Waals surface area contributed by atoms with Gasteiger partial charge < -0.3 is 0 Å². The van der Waals surface area contributed by atoms with Gasteiger partial charge in [0.25, 0.3) is 10.0 Å². The number of aliphatic imine (C=N–C) groups is 1. The summed E-state index contributed by atoms with van der Waals surface area (Å²) in [5.74, 6) is 0.509. The van der Waals surface area contributed by atoms with Gasteiger partial charge >= 0.3 is 0 Å². The van der Waals surface area contributed by atoms with Gasteiger partial charge in [-0.15, -0.1) is 0 Å². The average molecular weight is 264 g/mol. The third kappa shape index (κ3) is 1.82. The fourth-order valence-corrected chi connectivity index (χ4v) is 3.97. The van der Waals surface area contributed by atoms with Crippen LogP contribution in [0, 0.1) is 0 Å². The molecule has 18 heavy (non-hydrogen) atoms. The van der Waals surface area contributed by atoms with Crippen LogP contribution in [-0.2, 0) is 10.0 Å². The maximum absolute atomic E-state index is 11.9. The predicted octanol–water partition coefficient (Wildman–Crippen LogP) is 2.06. The normalized spacial score (nSPS) is 25.9. The molecule has 4 nitrogen and oxygen atoms in total. The molecular formula is C13H16N2O2S. The number of rotatable bonds is 1. The zero-order chi connectivity index (χ0) is 12.8. The van der Waals surface area contributed by atoms with Crippen LogP contribution < -0.4 is 4.72 Å². The molecule has 1 N–H and O–H groups in total. The predicted molar refractivity (Wildman–Crippen MR) is 70.2 cm³/mol. The average Bonchev–Trinajstić information content (AvgIpc) is 2.84. The van der Waals surface area contributed by atoms with Gasteiger partial charge in [-0.2, -0.15) is 0 Å². The molecule has 0 saturated heterocycles. The number of hydrogen-bond donors (Lipinski definition) is 1. The Hall–Kier alpha value is -1.36. The largest absolute Gasteiger partial charge is 0.263 e. The van der Waals surface area contributed by atoms with E-state index in [1.54, 1.807) is 12.1 Å². The van der Waals surface area contributed by atoms with Crippen LogP contribution in [0.25, 0.3) is 0 Å². The molecule has 1 fully saturated rings. The minimum atomic E-state index is -3.40. The van der Waals surface area contributed by atoms with Crippen LogP contribution in [0.4, 0.5) is 0 Å². The van der Waals surface area contributed by atoms with E-state index in [0.717, 1.165) is 12.8 Å². The van der Waals surface area contributed by atoms with E-state index in [1.165, 1.54) is 12.8 Å². The molecule has 1 aromatic carbocycles. The maximum atomic E-state index is 11.9. The lowest BCUT2D eigenvalue weighted by Crippen LogP contribution is -2.27. The van der Waals surface area contributed by atoms with Crippen LogP contribution >= 0.6 is 0 Å². The van der Waals surface area contributed by atoms with Gasteiger partial charge in [0.15, 0.2) is 0 Å². The first-order chi connectivity index (χ1) is 8.50. The number of amidine groups is 1. The van der Waals surface area contributed by atoms with Crippen LogP contribution in [-0.4, -0.2) is 19.8 Å². The van der Waals surface area contributed by atoms with Gasteiger partial charge in [0.2, 0.25) is 0 Å². The first-order valence-corrected chi connectivity index (χ1v) is 7.71. The summed E-state index contributed by atoms with van der Waals surface area (Å²) in [6, 6.07) is 7.01. The zero-order valence-corrected chi connectivity index (χ0v) is 11.1. The van der Waals surface area contributed by atoms with Gasteiger partial charge in [0.1, 0.15) is 5.84 Å². The molecule has 1 saturated carbocycles. The molecule has 96 valence electrons. The monoisotopic (exact) mass is 264 g/mol. The van der Waals surface area contributed by atoms with Crippen molar-refractivity contribution in [3.8, 4) is 0 Å². The maximum Gasteiger partial charge on any atom is 0.263 e. The number of sulfonamides is 1. The third-order valence-electron chi connectivity index (χ3n) is 3.73.